The Morgan fingerprint density at radius 2 is 2.00 bits per heavy atom. The lowest BCUT2D eigenvalue weighted by Gasteiger charge is -2.35. The molecule has 0 saturated heterocycles. The second-order valence-electron chi connectivity index (χ2n) is 6.32. The van der Waals surface area contributed by atoms with Gasteiger partial charge in [0, 0.05) is 12.6 Å². The van der Waals surface area contributed by atoms with Crippen LogP contribution in [0.25, 0.3) is 0 Å². The first-order valence-electron chi connectivity index (χ1n) is 7.93. The van der Waals surface area contributed by atoms with Gasteiger partial charge in [-0.05, 0) is 48.2 Å². The van der Waals surface area contributed by atoms with Gasteiger partial charge in [-0.15, -0.1) is 0 Å². The minimum Gasteiger partial charge on any atom is -0.309 e. The van der Waals surface area contributed by atoms with E-state index in [0.717, 1.165) is 6.07 Å². The van der Waals surface area contributed by atoms with Gasteiger partial charge >= 0.3 is 6.18 Å². The molecular weight excluding hydrogens is 350 g/mol. The number of fused-ring (bicyclic) bond motifs is 4. The van der Waals surface area contributed by atoms with Crippen LogP contribution in [-0.4, -0.2) is 23.8 Å². The van der Waals surface area contributed by atoms with E-state index in [1.807, 2.05) is 0 Å². The number of nitrogens with one attached hydrogen (secondary N) is 1. The van der Waals surface area contributed by atoms with E-state index in [2.05, 4.69) is 15.3 Å². The van der Waals surface area contributed by atoms with Crippen molar-refractivity contribution in [3.63, 3.8) is 0 Å². The molecule has 0 radical (unpaired) electrons. The van der Waals surface area contributed by atoms with E-state index in [9.17, 15) is 22.4 Å². The number of aromatic nitrogens is 1. The summed E-state index contributed by atoms with van der Waals surface area (Å²) in [6, 6.07) is 6.12. The highest BCUT2D eigenvalue weighted by atomic mass is 19.4. The van der Waals surface area contributed by atoms with Crippen LogP contribution in [0.15, 0.2) is 35.3 Å². The summed E-state index contributed by atoms with van der Waals surface area (Å²) >= 11 is 0. The summed E-state index contributed by atoms with van der Waals surface area (Å²) < 4.78 is 53.2. The van der Waals surface area contributed by atoms with Crippen LogP contribution in [0, 0.1) is 5.82 Å². The number of amides is 1. The summed E-state index contributed by atoms with van der Waals surface area (Å²) in [6.07, 6.45) is -4.05. The Morgan fingerprint density at radius 3 is 2.69 bits per heavy atom. The summed E-state index contributed by atoms with van der Waals surface area (Å²) in [7, 11) is 1.44. The maximum absolute atomic E-state index is 13.6. The van der Waals surface area contributed by atoms with Gasteiger partial charge in [-0.25, -0.2) is 9.37 Å². The van der Waals surface area contributed by atoms with Crippen LogP contribution >= 0.6 is 0 Å². The molecule has 1 spiro atoms. The topological polar surface area (TPSA) is 54.4 Å². The van der Waals surface area contributed by atoms with Gasteiger partial charge in [0.25, 0.3) is 0 Å². The van der Waals surface area contributed by atoms with Crippen molar-refractivity contribution in [2.45, 2.75) is 24.4 Å². The molecule has 4 nitrogen and oxygen atoms in total. The molecule has 2 aromatic rings. The molecule has 1 amide bonds. The maximum Gasteiger partial charge on any atom is 0.433 e. The average Bonchev–Trinajstić information content (AvgIpc) is 2.96. The van der Waals surface area contributed by atoms with Crippen molar-refractivity contribution in [2.24, 2.45) is 4.99 Å². The van der Waals surface area contributed by atoms with E-state index < -0.39 is 29.0 Å². The fourth-order valence-electron chi connectivity index (χ4n) is 3.82. The Morgan fingerprint density at radius 1 is 1.23 bits per heavy atom. The van der Waals surface area contributed by atoms with Gasteiger partial charge in [-0.2, -0.15) is 13.2 Å². The largest absolute Gasteiger partial charge is 0.433 e. The number of pyridine rings is 1. The van der Waals surface area contributed by atoms with Crippen molar-refractivity contribution in [3.05, 3.63) is 64.2 Å². The summed E-state index contributed by atoms with van der Waals surface area (Å²) in [4.78, 5) is 20.7. The molecule has 2 heterocycles. The number of aryl methyl sites for hydroxylation is 1. The quantitative estimate of drug-likeness (QED) is 0.732. The highest BCUT2D eigenvalue weighted by Crippen LogP contribution is 2.47. The van der Waals surface area contributed by atoms with E-state index in [-0.39, 0.29) is 18.0 Å². The monoisotopic (exact) mass is 363 g/mol. The third-order valence-electron chi connectivity index (χ3n) is 4.98. The molecule has 8 heteroatoms. The number of aliphatic imine (C=N–C) groups is 1. The Bertz CT molecular complexity index is 967. The number of amidine groups is 1. The number of carbonyl (C=O) groups excluding carboxylic acids is 1. The van der Waals surface area contributed by atoms with Crippen molar-refractivity contribution < 1.29 is 22.4 Å². The molecule has 1 aromatic carbocycles. The molecule has 1 aromatic heterocycles. The van der Waals surface area contributed by atoms with Crippen LogP contribution in [0.2, 0.25) is 0 Å². The summed E-state index contributed by atoms with van der Waals surface area (Å²) in [6.45, 7) is 0. The first-order valence-corrected chi connectivity index (χ1v) is 7.93. The molecule has 134 valence electrons. The Balaban J connectivity index is 2.03. The highest BCUT2D eigenvalue weighted by molar-refractivity contribution is 6.16. The number of hydrogen-bond acceptors (Lipinski definition) is 3. The number of hydrogen-bond donors (Lipinski definition) is 1. The maximum atomic E-state index is 13.6. The smallest absolute Gasteiger partial charge is 0.309 e. The van der Waals surface area contributed by atoms with Gasteiger partial charge in [0.15, 0.2) is 0 Å². The third-order valence-corrected chi connectivity index (χ3v) is 4.98. The molecular formula is C18H13F4N3O. The SMILES string of the molecule is CN=C1NC(=O)[C@@]2(CCc3cc(F)ccc32)c2nc(C(F)(F)F)ccc21. The van der Waals surface area contributed by atoms with Gasteiger partial charge < -0.3 is 5.32 Å². The second-order valence-corrected chi connectivity index (χ2v) is 6.32. The molecule has 1 atom stereocenters. The van der Waals surface area contributed by atoms with Crippen molar-refractivity contribution in [1.82, 2.24) is 10.3 Å². The fourth-order valence-corrected chi connectivity index (χ4v) is 3.82. The highest BCUT2D eigenvalue weighted by Gasteiger charge is 2.53. The Kier molecular flexibility index (Phi) is 3.44. The molecule has 26 heavy (non-hydrogen) atoms. The van der Waals surface area contributed by atoms with Gasteiger partial charge in [0.2, 0.25) is 5.91 Å². The van der Waals surface area contributed by atoms with Gasteiger partial charge in [0.05, 0.1) is 5.69 Å². The van der Waals surface area contributed by atoms with E-state index in [1.165, 1.54) is 31.3 Å². The van der Waals surface area contributed by atoms with Crippen molar-refractivity contribution in [2.75, 3.05) is 7.05 Å². The number of rotatable bonds is 0. The van der Waals surface area contributed by atoms with Crippen LogP contribution in [0.4, 0.5) is 17.6 Å². The normalized spacial score (nSPS) is 23.1. The van der Waals surface area contributed by atoms with E-state index in [0.29, 0.717) is 23.1 Å². The summed E-state index contributed by atoms with van der Waals surface area (Å²) in [5.41, 5.74) is -1.01. The molecule has 1 N–H and O–H groups in total. The second kappa shape index (κ2) is 5.36. The summed E-state index contributed by atoms with van der Waals surface area (Å²) in [5, 5.41) is 2.66. The number of benzene rings is 1. The van der Waals surface area contributed by atoms with Gasteiger partial charge in [-0.1, -0.05) is 6.07 Å². The Labute approximate surface area is 146 Å². The first-order chi connectivity index (χ1) is 12.3. The molecule has 0 unspecified atom stereocenters. The van der Waals surface area contributed by atoms with E-state index in [4.69, 9.17) is 0 Å². The molecule has 2 aliphatic rings. The molecule has 1 aliphatic carbocycles. The molecule has 4 rings (SSSR count). The standard InChI is InChI=1S/C18H13F4N3O/c1-23-15-11-3-5-13(18(20,21)22)24-14(11)17(16(26)25-15)7-6-9-8-10(19)2-4-12(9)17/h2-5,8H,6-7H2,1H3,(H,23,25,26)/t17-/m1/s1. The number of halogens is 4. The van der Waals surface area contributed by atoms with Crippen LogP contribution < -0.4 is 5.32 Å². The van der Waals surface area contributed by atoms with Gasteiger partial charge in [0.1, 0.15) is 22.8 Å². The third kappa shape index (κ3) is 2.17. The van der Waals surface area contributed by atoms with Crippen LogP contribution in [-0.2, 0) is 22.8 Å². The zero-order valence-corrected chi connectivity index (χ0v) is 13.6. The van der Waals surface area contributed by atoms with Gasteiger partial charge in [-0.3, -0.25) is 9.79 Å². The fraction of sp³-hybridized carbons (Fsp3) is 0.278. The lowest BCUT2D eigenvalue weighted by Crippen LogP contribution is -2.52. The molecule has 0 bridgehead atoms. The predicted molar refractivity (Wildman–Crippen MR) is 85.3 cm³/mol. The summed E-state index contributed by atoms with van der Waals surface area (Å²) in [5.74, 6) is -0.778. The number of alkyl halides is 3. The van der Waals surface area contributed by atoms with Crippen LogP contribution in [0.1, 0.15) is 34.5 Å². The number of carbonyl (C=O) groups is 1. The van der Waals surface area contributed by atoms with E-state index in [1.54, 1.807) is 0 Å². The molecule has 1 aliphatic heterocycles. The number of nitrogens with zero attached hydrogens (tertiary/aromatic N) is 2. The minimum absolute atomic E-state index is 0.0158. The van der Waals surface area contributed by atoms with E-state index >= 15 is 0 Å². The Hall–Kier alpha value is -2.77. The van der Waals surface area contributed by atoms with Crippen LogP contribution in [0.3, 0.4) is 0 Å². The lowest BCUT2D eigenvalue weighted by atomic mass is 9.73. The van der Waals surface area contributed by atoms with Crippen molar-refractivity contribution in [1.29, 1.82) is 0 Å². The average molecular weight is 363 g/mol. The molecule has 0 saturated carbocycles. The predicted octanol–water partition coefficient (Wildman–Crippen LogP) is 2.98. The minimum atomic E-state index is -4.64. The lowest BCUT2D eigenvalue weighted by molar-refractivity contribution is -0.141. The zero-order valence-electron chi connectivity index (χ0n) is 13.6. The van der Waals surface area contributed by atoms with Crippen LogP contribution in [0.5, 0.6) is 0 Å². The first kappa shape index (κ1) is 16.7. The van der Waals surface area contributed by atoms with Crippen molar-refractivity contribution in [3.8, 4) is 0 Å². The van der Waals surface area contributed by atoms with Crippen molar-refractivity contribution >= 4 is 11.7 Å². The zero-order chi connectivity index (χ0) is 18.7. The molecule has 0 fully saturated rings.